The van der Waals surface area contributed by atoms with Gasteiger partial charge in [-0.05, 0) is 48.8 Å². The first-order chi connectivity index (χ1) is 8.31. The summed E-state index contributed by atoms with van der Waals surface area (Å²) in [6.07, 6.45) is 0. The van der Waals surface area contributed by atoms with Gasteiger partial charge in [0.2, 0.25) is 0 Å². The largest absolute Gasteiger partial charge is 0.389 e. The number of urea groups is 1. The molecule has 1 heterocycles. The maximum absolute atomic E-state index is 11.9. The van der Waals surface area contributed by atoms with Crippen LogP contribution >= 0.6 is 27.3 Å². The fourth-order valence-corrected chi connectivity index (χ4v) is 2.94. The van der Waals surface area contributed by atoms with Crippen molar-refractivity contribution in [1.29, 1.82) is 0 Å². The fraction of sp³-hybridized carbons (Fsp3) is 0.583. The minimum absolute atomic E-state index is 0.149. The molecule has 0 saturated carbocycles. The predicted molar refractivity (Wildman–Crippen MR) is 77.8 cm³/mol. The van der Waals surface area contributed by atoms with Crippen molar-refractivity contribution in [3.05, 3.63) is 20.8 Å². The van der Waals surface area contributed by atoms with Crippen LogP contribution in [-0.4, -0.2) is 34.7 Å². The molecule has 1 rings (SSSR count). The molecule has 0 aromatic carbocycles. The number of likely N-dealkylation sites (N-methyl/N-ethyl adjacent to an activating group) is 1. The number of rotatable bonds is 5. The van der Waals surface area contributed by atoms with Gasteiger partial charge in [0.25, 0.3) is 0 Å². The molecule has 0 bridgehead atoms. The first-order valence-corrected chi connectivity index (χ1v) is 7.42. The summed E-state index contributed by atoms with van der Waals surface area (Å²) >= 11 is 4.98. The second-order valence-electron chi connectivity index (χ2n) is 4.69. The third-order valence-corrected chi connectivity index (χ3v) is 3.91. The van der Waals surface area contributed by atoms with E-state index in [2.05, 4.69) is 21.2 Å². The Morgan fingerprint density at radius 3 is 2.67 bits per heavy atom. The van der Waals surface area contributed by atoms with Gasteiger partial charge in [0.15, 0.2) is 0 Å². The fourth-order valence-electron chi connectivity index (χ4n) is 1.52. The number of nitrogens with zero attached hydrogens (tertiary/aromatic N) is 1. The SMILES string of the molecule is CCN(CC(C)(C)O)C(=O)NCc1ccc(Br)s1. The molecular weight excluding hydrogens is 316 g/mol. The van der Waals surface area contributed by atoms with E-state index < -0.39 is 5.60 Å². The molecule has 0 unspecified atom stereocenters. The Morgan fingerprint density at radius 2 is 2.22 bits per heavy atom. The Labute approximate surface area is 120 Å². The second kappa shape index (κ2) is 6.54. The van der Waals surface area contributed by atoms with E-state index in [1.54, 1.807) is 30.1 Å². The van der Waals surface area contributed by atoms with Gasteiger partial charge in [0.1, 0.15) is 0 Å². The molecule has 0 spiro atoms. The number of aliphatic hydroxyl groups is 1. The van der Waals surface area contributed by atoms with Gasteiger partial charge in [-0.1, -0.05) is 0 Å². The van der Waals surface area contributed by atoms with Crippen LogP contribution in [0.1, 0.15) is 25.6 Å². The van der Waals surface area contributed by atoms with Gasteiger partial charge in [-0.25, -0.2) is 4.79 Å². The number of carbonyl (C=O) groups excluding carboxylic acids is 1. The molecule has 6 heteroatoms. The second-order valence-corrected chi connectivity index (χ2v) is 7.24. The first-order valence-electron chi connectivity index (χ1n) is 5.81. The molecule has 1 aromatic rings. The summed E-state index contributed by atoms with van der Waals surface area (Å²) in [5.41, 5.74) is -0.876. The van der Waals surface area contributed by atoms with Crippen LogP contribution in [0.3, 0.4) is 0 Å². The number of halogens is 1. The average Bonchev–Trinajstić information content (AvgIpc) is 2.67. The monoisotopic (exact) mass is 334 g/mol. The normalized spacial score (nSPS) is 11.4. The van der Waals surface area contributed by atoms with Crippen molar-refractivity contribution >= 4 is 33.3 Å². The maximum atomic E-state index is 11.9. The van der Waals surface area contributed by atoms with Crippen LogP contribution in [0.15, 0.2) is 15.9 Å². The number of hydrogen-bond acceptors (Lipinski definition) is 3. The van der Waals surface area contributed by atoms with Crippen LogP contribution < -0.4 is 5.32 Å². The van der Waals surface area contributed by atoms with Crippen LogP contribution in [0.25, 0.3) is 0 Å². The van der Waals surface area contributed by atoms with E-state index in [0.717, 1.165) is 8.66 Å². The van der Waals surface area contributed by atoms with Gasteiger partial charge in [0, 0.05) is 11.4 Å². The van der Waals surface area contributed by atoms with Crippen molar-refractivity contribution in [2.45, 2.75) is 32.9 Å². The summed E-state index contributed by atoms with van der Waals surface area (Å²) < 4.78 is 1.05. The highest BCUT2D eigenvalue weighted by atomic mass is 79.9. The van der Waals surface area contributed by atoms with Gasteiger partial charge in [-0.15, -0.1) is 11.3 Å². The lowest BCUT2D eigenvalue weighted by molar-refractivity contribution is 0.0480. The molecule has 0 aliphatic rings. The van der Waals surface area contributed by atoms with Crippen LogP contribution in [-0.2, 0) is 6.54 Å². The zero-order chi connectivity index (χ0) is 13.8. The van der Waals surface area contributed by atoms with Crippen molar-refractivity contribution in [3.63, 3.8) is 0 Å². The molecule has 0 radical (unpaired) electrons. The third kappa shape index (κ3) is 5.37. The smallest absolute Gasteiger partial charge is 0.317 e. The summed E-state index contributed by atoms with van der Waals surface area (Å²) in [6.45, 7) is 6.69. The zero-order valence-electron chi connectivity index (χ0n) is 10.9. The first kappa shape index (κ1) is 15.5. The number of thiophene rings is 1. The van der Waals surface area contributed by atoms with Gasteiger partial charge < -0.3 is 15.3 Å². The Morgan fingerprint density at radius 1 is 1.56 bits per heavy atom. The molecule has 2 N–H and O–H groups in total. The van der Waals surface area contributed by atoms with Crippen molar-refractivity contribution in [2.24, 2.45) is 0 Å². The number of amides is 2. The van der Waals surface area contributed by atoms with E-state index in [1.807, 2.05) is 19.1 Å². The Kier molecular flexibility index (Phi) is 5.62. The Bertz CT molecular complexity index is 401. The molecule has 0 aliphatic carbocycles. The van der Waals surface area contributed by atoms with Gasteiger partial charge in [-0.2, -0.15) is 0 Å². The van der Waals surface area contributed by atoms with E-state index in [4.69, 9.17) is 0 Å². The highest BCUT2D eigenvalue weighted by molar-refractivity contribution is 9.11. The highest BCUT2D eigenvalue weighted by Gasteiger charge is 2.20. The molecular formula is C12H19BrN2O2S. The van der Waals surface area contributed by atoms with Gasteiger partial charge >= 0.3 is 6.03 Å². The van der Waals surface area contributed by atoms with Crippen LogP contribution in [0.5, 0.6) is 0 Å². The molecule has 0 saturated heterocycles. The van der Waals surface area contributed by atoms with E-state index in [0.29, 0.717) is 19.6 Å². The molecule has 1 aromatic heterocycles. The highest BCUT2D eigenvalue weighted by Crippen LogP contribution is 2.21. The van der Waals surface area contributed by atoms with Crippen LogP contribution in [0, 0.1) is 0 Å². The van der Waals surface area contributed by atoms with E-state index in [-0.39, 0.29) is 6.03 Å². The summed E-state index contributed by atoms with van der Waals surface area (Å²) in [6, 6.07) is 3.78. The van der Waals surface area contributed by atoms with Crippen LogP contribution in [0.4, 0.5) is 4.79 Å². The molecule has 18 heavy (non-hydrogen) atoms. The quantitative estimate of drug-likeness (QED) is 0.869. The van der Waals surface area contributed by atoms with Crippen molar-refractivity contribution < 1.29 is 9.90 Å². The molecule has 0 fully saturated rings. The lowest BCUT2D eigenvalue weighted by Crippen LogP contribution is -2.46. The Hall–Kier alpha value is -0.590. The predicted octanol–water partition coefficient (Wildman–Crippen LogP) is 2.81. The minimum Gasteiger partial charge on any atom is -0.389 e. The maximum Gasteiger partial charge on any atom is 0.317 e. The lowest BCUT2D eigenvalue weighted by Gasteiger charge is -2.28. The third-order valence-electron chi connectivity index (χ3n) is 2.29. The number of carbonyl (C=O) groups is 1. The summed E-state index contributed by atoms with van der Waals surface area (Å²) in [5.74, 6) is 0. The molecule has 2 amide bonds. The molecule has 102 valence electrons. The summed E-state index contributed by atoms with van der Waals surface area (Å²) in [7, 11) is 0. The minimum atomic E-state index is -0.876. The lowest BCUT2D eigenvalue weighted by atomic mass is 10.1. The molecule has 4 nitrogen and oxygen atoms in total. The number of nitrogens with one attached hydrogen (secondary N) is 1. The van der Waals surface area contributed by atoms with Gasteiger partial charge in [-0.3, -0.25) is 0 Å². The van der Waals surface area contributed by atoms with E-state index in [1.165, 1.54) is 0 Å². The average molecular weight is 335 g/mol. The molecule has 0 aliphatic heterocycles. The van der Waals surface area contributed by atoms with Gasteiger partial charge in [0.05, 0.1) is 22.5 Å². The van der Waals surface area contributed by atoms with Crippen molar-refractivity contribution in [1.82, 2.24) is 10.2 Å². The van der Waals surface area contributed by atoms with E-state index >= 15 is 0 Å². The number of hydrogen-bond donors (Lipinski definition) is 2. The topological polar surface area (TPSA) is 52.6 Å². The van der Waals surface area contributed by atoms with Crippen molar-refractivity contribution in [3.8, 4) is 0 Å². The Balaban J connectivity index is 2.47. The summed E-state index contributed by atoms with van der Waals surface area (Å²) in [4.78, 5) is 14.6. The van der Waals surface area contributed by atoms with Crippen molar-refractivity contribution in [2.75, 3.05) is 13.1 Å². The zero-order valence-corrected chi connectivity index (χ0v) is 13.3. The summed E-state index contributed by atoms with van der Waals surface area (Å²) in [5, 5.41) is 12.6. The standard InChI is InChI=1S/C12H19BrN2O2S/c1-4-15(8-12(2,3)17)11(16)14-7-9-5-6-10(13)18-9/h5-6,17H,4,7-8H2,1-3H3,(H,14,16). The molecule has 0 atom stereocenters. The van der Waals surface area contributed by atoms with Crippen LogP contribution in [0.2, 0.25) is 0 Å². The van der Waals surface area contributed by atoms with E-state index in [9.17, 15) is 9.90 Å².